The Morgan fingerprint density at radius 2 is 1.87 bits per heavy atom. The second-order valence-electron chi connectivity index (χ2n) is 5.53. The van der Waals surface area contributed by atoms with Crippen LogP contribution in [0.15, 0.2) is 46.9 Å². The average Bonchev–Trinajstić information content (AvgIpc) is 2.95. The molecule has 6 nitrogen and oxygen atoms in total. The summed E-state index contributed by atoms with van der Waals surface area (Å²) in [6.07, 6.45) is 0.342. The summed E-state index contributed by atoms with van der Waals surface area (Å²) in [6, 6.07) is 11.0. The Labute approximate surface area is 134 Å². The maximum absolute atomic E-state index is 12.1. The van der Waals surface area contributed by atoms with Crippen molar-refractivity contribution in [2.24, 2.45) is 5.92 Å². The zero-order chi connectivity index (χ0) is 16.8. The third-order valence-corrected chi connectivity index (χ3v) is 3.08. The van der Waals surface area contributed by atoms with Crippen molar-refractivity contribution >= 4 is 11.9 Å². The molecule has 23 heavy (non-hydrogen) atoms. The van der Waals surface area contributed by atoms with Gasteiger partial charge in [0.1, 0.15) is 11.8 Å². The van der Waals surface area contributed by atoms with E-state index in [2.05, 4.69) is 5.32 Å². The van der Waals surface area contributed by atoms with Crippen LogP contribution >= 0.6 is 0 Å². The van der Waals surface area contributed by atoms with E-state index in [1.165, 1.54) is 12.1 Å². The average molecular weight is 317 g/mol. The molecular weight excluding hydrogens is 298 g/mol. The summed E-state index contributed by atoms with van der Waals surface area (Å²) in [7, 11) is 0. The van der Waals surface area contributed by atoms with Crippen molar-refractivity contribution in [3.05, 3.63) is 48.2 Å². The molecule has 1 aromatic heterocycles. The van der Waals surface area contributed by atoms with Gasteiger partial charge in [0.15, 0.2) is 5.76 Å². The highest BCUT2D eigenvalue weighted by Gasteiger charge is 2.23. The molecule has 0 fully saturated rings. The molecule has 6 heteroatoms. The standard InChI is InChI=1S/C17H19NO5/c1-11(2)10-13(17(20)21)18-16(19)14-8-9-15(23-14)22-12-6-4-3-5-7-12/h3-9,11,13H,10H2,1-2H3,(H,18,19)(H,20,21). The van der Waals surface area contributed by atoms with Crippen molar-refractivity contribution in [2.45, 2.75) is 26.3 Å². The molecule has 2 aromatic rings. The summed E-state index contributed by atoms with van der Waals surface area (Å²) in [5.41, 5.74) is 0. The van der Waals surface area contributed by atoms with Gasteiger partial charge >= 0.3 is 5.97 Å². The number of rotatable bonds is 7. The van der Waals surface area contributed by atoms with Gasteiger partial charge < -0.3 is 19.6 Å². The monoisotopic (exact) mass is 317 g/mol. The molecule has 0 aliphatic rings. The number of hydrogen-bond acceptors (Lipinski definition) is 4. The fraction of sp³-hybridized carbons (Fsp3) is 0.294. The maximum Gasteiger partial charge on any atom is 0.326 e. The lowest BCUT2D eigenvalue weighted by molar-refractivity contribution is -0.139. The van der Waals surface area contributed by atoms with Crippen LogP contribution in [0.3, 0.4) is 0 Å². The van der Waals surface area contributed by atoms with Gasteiger partial charge in [0.05, 0.1) is 0 Å². The summed E-state index contributed by atoms with van der Waals surface area (Å²) >= 11 is 0. The molecule has 1 amide bonds. The number of aliphatic carboxylic acids is 1. The highest BCUT2D eigenvalue weighted by atomic mass is 16.6. The van der Waals surface area contributed by atoms with Crippen molar-refractivity contribution < 1.29 is 23.8 Å². The molecule has 2 N–H and O–H groups in total. The Balaban J connectivity index is 2.01. The van der Waals surface area contributed by atoms with Gasteiger partial charge in [0.2, 0.25) is 0 Å². The molecule has 0 saturated carbocycles. The van der Waals surface area contributed by atoms with Crippen molar-refractivity contribution in [3.8, 4) is 11.7 Å². The van der Waals surface area contributed by atoms with Crippen LogP contribution in [0.25, 0.3) is 0 Å². The lowest BCUT2D eigenvalue weighted by Gasteiger charge is -2.15. The molecule has 0 saturated heterocycles. The van der Waals surface area contributed by atoms with Gasteiger partial charge in [0.25, 0.3) is 11.9 Å². The van der Waals surface area contributed by atoms with Crippen LogP contribution in [0.2, 0.25) is 0 Å². The maximum atomic E-state index is 12.1. The number of carboxylic acids is 1. The van der Waals surface area contributed by atoms with E-state index in [1.807, 2.05) is 32.0 Å². The SMILES string of the molecule is CC(C)CC(NC(=O)c1ccc(Oc2ccccc2)o1)C(=O)O. The van der Waals surface area contributed by atoms with Crippen LogP contribution in [0.5, 0.6) is 11.7 Å². The minimum Gasteiger partial charge on any atom is -0.480 e. The van der Waals surface area contributed by atoms with E-state index in [1.54, 1.807) is 12.1 Å². The van der Waals surface area contributed by atoms with E-state index in [4.69, 9.17) is 14.3 Å². The van der Waals surface area contributed by atoms with Crippen molar-refractivity contribution in [1.29, 1.82) is 0 Å². The third kappa shape index (κ3) is 4.88. The number of hydrogen-bond donors (Lipinski definition) is 2. The van der Waals surface area contributed by atoms with E-state index >= 15 is 0 Å². The van der Waals surface area contributed by atoms with Gasteiger partial charge in [-0.15, -0.1) is 0 Å². The van der Waals surface area contributed by atoms with Gasteiger partial charge in [-0.1, -0.05) is 32.0 Å². The second kappa shape index (κ2) is 7.49. The minimum atomic E-state index is -1.07. The molecule has 122 valence electrons. The number of furan rings is 1. The molecule has 1 heterocycles. The van der Waals surface area contributed by atoms with Gasteiger partial charge in [-0.25, -0.2) is 4.79 Å². The Kier molecular flexibility index (Phi) is 5.41. The number of para-hydroxylation sites is 1. The number of carbonyl (C=O) groups excluding carboxylic acids is 1. The van der Waals surface area contributed by atoms with E-state index in [0.717, 1.165) is 0 Å². The third-order valence-electron chi connectivity index (χ3n) is 3.08. The number of carboxylic acid groups (broad SMARTS) is 1. The molecular formula is C17H19NO5. The summed E-state index contributed by atoms with van der Waals surface area (Å²) in [4.78, 5) is 23.3. The number of carbonyl (C=O) groups is 2. The number of nitrogens with one attached hydrogen (secondary N) is 1. The zero-order valence-corrected chi connectivity index (χ0v) is 13.0. The molecule has 0 bridgehead atoms. The summed E-state index contributed by atoms with van der Waals surface area (Å²) in [5, 5.41) is 11.6. The van der Waals surface area contributed by atoms with Gasteiger partial charge in [-0.05, 0) is 30.5 Å². The number of ether oxygens (including phenoxy) is 1. The predicted octanol–water partition coefficient (Wildman–Crippen LogP) is 3.30. The highest BCUT2D eigenvalue weighted by Crippen LogP contribution is 2.23. The first kappa shape index (κ1) is 16.6. The van der Waals surface area contributed by atoms with E-state index < -0.39 is 17.9 Å². The van der Waals surface area contributed by atoms with Gasteiger partial charge in [-0.2, -0.15) is 0 Å². The fourth-order valence-electron chi connectivity index (χ4n) is 2.02. The highest BCUT2D eigenvalue weighted by molar-refractivity contribution is 5.94. The minimum absolute atomic E-state index is 0.00550. The summed E-state index contributed by atoms with van der Waals surface area (Å²) in [6.45, 7) is 3.78. The number of benzene rings is 1. The van der Waals surface area contributed by atoms with Gasteiger partial charge in [-0.3, -0.25) is 4.79 Å². The molecule has 2 rings (SSSR count). The molecule has 1 aromatic carbocycles. The lowest BCUT2D eigenvalue weighted by atomic mass is 10.0. The first-order valence-corrected chi connectivity index (χ1v) is 7.32. The van der Waals surface area contributed by atoms with Crippen molar-refractivity contribution in [2.75, 3.05) is 0 Å². The largest absolute Gasteiger partial charge is 0.480 e. The second-order valence-corrected chi connectivity index (χ2v) is 5.53. The van der Waals surface area contributed by atoms with Gasteiger partial charge in [0, 0.05) is 6.07 Å². The van der Waals surface area contributed by atoms with Crippen LogP contribution in [-0.2, 0) is 4.79 Å². The van der Waals surface area contributed by atoms with E-state index in [0.29, 0.717) is 12.2 Å². The summed E-state index contributed by atoms with van der Waals surface area (Å²) in [5.74, 6) is -0.759. The fourth-order valence-corrected chi connectivity index (χ4v) is 2.02. The van der Waals surface area contributed by atoms with Crippen LogP contribution in [0, 0.1) is 5.92 Å². The van der Waals surface area contributed by atoms with Crippen molar-refractivity contribution in [1.82, 2.24) is 5.32 Å². The molecule has 0 aliphatic carbocycles. The molecule has 0 spiro atoms. The van der Waals surface area contributed by atoms with Crippen LogP contribution in [0.1, 0.15) is 30.8 Å². The Morgan fingerprint density at radius 1 is 1.17 bits per heavy atom. The first-order valence-electron chi connectivity index (χ1n) is 7.32. The van der Waals surface area contributed by atoms with Crippen LogP contribution < -0.4 is 10.1 Å². The quantitative estimate of drug-likeness (QED) is 0.818. The van der Waals surface area contributed by atoms with E-state index in [-0.39, 0.29) is 17.6 Å². The molecule has 0 radical (unpaired) electrons. The molecule has 1 atom stereocenters. The first-order chi connectivity index (χ1) is 11.0. The Morgan fingerprint density at radius 3 is 2.48 bits per heavy atom. The molecule has 1 unspecified atom stereocenters. The lowest BCUT2D eigenvalue weighted by Crippen LogP contribution is -2.41. The van der Waals surface area contributed by atoms with E-state index in [9.17, 15) is 9.59 Å². The molecule has 0 aliphatic heterocycles. The van der Waals surface area contributed by atoms with Crippen molar-refractivity contribution in [3.63, 3.8) is 0 Å². The summed E-state index contributed by atoms with van der Waals surface area (Å²) < 4.78 is 10.8. The smallest absolute Gasteiger partial charge is 0.326 e. The van der Waals surface area contributed by atoms with Crippen LogP contribution in [0.4, 0.5) is 0 Å². The topological polar surface area (TPSA) is 88.8 Å². The normalized spacial score (nSPS) is 12.0. The predicted molar refractivity (Wildman–Crippen MR) is 83.6 cm³/mol. The Bertz CT molecular complexity index is 663. The Hall–Kier alpha value is -2.76. The van der Waals surface area contributed by atoms with Crippen LogP contribution in [-0.4, -0.2) is 23.0 Å². The zero-order valence-electron chi connectivity index (χ0n) is 13.0. The number of amides is 1.